The number of rotatable bonds is 16. The van der Waals surface area contributed by atoms with Crippen molar-refractivity contribution in [3.05, 3.63) is 23.3 Å². The second-order valence-corrected chi connectivity index (χ2v) is 6.45. The Morgan fingerprint density at radius 2 is 1.41 bits per heavy atom. The van der Waals surface area contributed by atoms with Crippen LogP contribution < -0.4 is 4.74 Å². The van der Waals surface area contributed by atoms with Gasteiger partial charge < -0.3 is 24.1 Å². The molecule has 1 aromatic rings. The molecule has 0 aliphatic carbocycles. The van der Waals surface area contributed by atoms with Gasteiger partial charge in [-0.1, -0.05) is 13.8 Å². The first-order valence-corrected chi connectivity index (χ1v) is 10.4. The van der Waals surface area contributed by atoms with E-state index in [-0.39, 0.29) is 6.29 Å². The van der Waals surface area contributed by atoms with Crippen molar-refractivity contribution in [2.75, 3.05) is 33.0 Å². The Balaban J connectivity index is 2.18. The molecule has 5 nitrogen and oxygen atoms in total. The fourth-order valence-corrected chi connectivity index (χ4v) is 2.97. The maximum Gasteiger partial charge on any atom is 0.159 e. The molecular formula is C22H38O5. The summed E-state index contributed by atoms with van der Waals surface area (Å²) in [6, 6.07) is 3.61. The molecule has 0 saturated carbocycles. The van der Waals surface area contributed by atoms with Crippen LogP contribution in [0.3, 0.4) is 0 Å². The van der Waals surface area contributed by atoms with Crippen molar-refractivity contribution in [2.45, 2.75) is 72.5 Å². The van der Waals surface area contributed by atoms with E-state index in [0.29, 0.717) is 32.2 Å². The minimum absolute atomic E-state index is 0.153. The van der Waals surface area contributed by atoms with Gasteiger partial charge in [0.15, 0.2) is 6.29 Å². The third-order valence-corrected chi connectivity index (χ3v) is 4.37. The van der Waals surface area contributed by atoms with Crippen LogP contribution in [0.15, 0.2) is 12.1 Å². The summed E-state index contributed by atoms with van der Waals surface area (Å²) in [5, 5.41) is 9.80. The highest BCUT2D eigenvalue weighted by Crippen LogP contribution is 2.30. The molecule has 5 heteroatoms. The van der Waals surface area contributed by atoms with Crippen LogP contribution in [0.4, 0.5) is 0 Å². The zero-order valence-electron chi connectivity index (χ0n) is 17.6. The maximum absolute atomic E-state index is 9.80. The number of phenols is 1. The van der Waals surface area contributed by atoms with E-state index in [4.69, 9.17) is 18.9 Å². The molecule has 0 aromatic heterocycles. The lowest BCUT2D eigenvalue weighted by Crippen LogP contribution is -2.19. The van der Waals surface area contributed by atoms with E-state index in [1.807, 2.05) is 13.8 Å². The van der Waals surface area contributed by atoms with Crippen LogP contribution >= 0.6 is 0 Å². The van der Waals surface area contributed by atoms with Crippen molar-refractivity contribution in [2.24, 2.45) is 0 Å². The number of phenolic OH excluding ortho intramolecular Hbond substituents is 1. The van der Waals surface area contributed by atoms with Gasteiger partial charge >= 0.3 is 0 Å². The third kappa shape index (κ3) is 9.45. The topological polar surface area (TPSA) is 57.2 Å². The zero-order chi connectivity index (χ0) is 19.9. The summed E-state index contributed by atoms with van der Waals surface area (Å²) in [5.41, 5.74) is 2.15. The number of aryl methyl sites for hydroxylation is 2. The first-order valence-electron chi connectivity index (χ1n) is 10.4. The highest BCUT2D eigenvalue weighted by molar-refractivity contribution is 5.47. The maximum atomic E-state index is 9.80. The molecule has 0 bridgehead atoms. The SMILES string of the molecule is CCOC(CCOCCCCCOc1c(CC)cc(O)cc1CC)OCC. The summed E-state index contributed by atoms with van der Waals surface area (Å²) < 4.78 is 22.7. The molecular weight excluding hydrogens is 344 g/mol. The van der Waals surface area contributed by atoms with Crippen molar-refractivity contribution < 1.29 is 24.1 Å². The van der Waals surface area contributed by atoms with E-state index in [1.54, 1.807) is 12.1 Å². The van der Waals surface area contributed by atoms with E-state index in [0.717, 1.165) is 62.0 Å². The van der Waals surface area contributed by atoms with Crippen LogP contribution in [0.1, 0.15) is 64.5 Å². The lowest BCUT2D eigenvalue weighted by molar-refractivity contribution is -0.146. The van der Waals surface area contributed by atoms with Gasteiger partial charge in [-0.2, -0.15) is 0 Å². The van der Waals surface area contributed by atoms with Crippen LogP contribution in [0.25, 0.3) is 0 Å². The van der Waals surface area contributed by atoms with E-state index in [2.05, 4.69) is 13.8 Å². The van der Waals surface area contributed by atoms with Gasteiger partial charge in [0, 0.05) is 26.2 Å². The molecule has 156 valence electrons. The first-order chi connectivity index (χ1) is 13.2. The molecule has 0 heterocycles. The molecule has 0 unspecified atom stereocenters. The minimum Gasteiger partial charge on any atom is -0.508 e. The molecule has 0 aliphatic heterocycles. The van der Waals surface area contributed by atoms with Crippen LogP contribution in [0.5, 0.6) is 11.5 Å². The van der Waals surface area contributed by atoms with Crippen molar-refractivity contribution in [1.82, 2.24) is 0 Å². The Bertz CT molecular complexity index is 472. The summed E-state index contributed by atoms with van der Waals surface area (Å²) in [5.74, 6) is 1.27. The van der Waals surface area contributed by atoms with Gasteiger partial charge in [0.2, 0.25) is 0 Å². The highest BCUT2D eigenvalue weighted by atomic mass is 16.7. The van der Waals surface area contributed by atoms with Crippen LogP contribution in [0, 0.1) is 0 Å². The molecule has 0 radical (unpaired) electrons. The lowest BCUT2D eigenvalue weighted by Gasteiger charge is -2.16. The molecule has 0 spiro atoms. The number of hydrogen-bond donors (Lipinski definition) is 1. The van der Waals surface area contributed by atoms with Crippen LogP contribution in [-0.2, 0) is 27.1 Å². The number of hydrogen-bond acceptors (Lipinski definition) is 5. The standard InChI is InChI=1S/C22H38O5/c1-5-18-16-20(23)17-19(6-2)22(18)27-14-11-9-10-13-24-15-12-21(25-7-3)26-8-4/h16-17,21,23H,5-15H2,1-4H3. The smallest absolute Gasteiger partial charge is 0.159 e. The van der Waals surface area contributed by atoms with Crippen molar-refractivity contribution in [1.29, 1.82) is 0 Å². The average Bonchev–Trinajstić information content (AvgIpc) is 2.67. The summed E-state index contributed by atoms with van der Waals surface area (Å²) in [7, 11) is 0. The lowest BCUT2D eigenvalue weighted by atomic mass is 10.0. The highest BCUT2D eigenvalue weighted by Gasteiger charge is 2.10. The monoisotopic (exact) mass is 382 g/mol. The predicted molar refractivity (Wildman–Crippen MR) is 109 cm³/mol. The molecule has 27 heavy (non-hydrogen) atoms. The Hall–Kier alpha value is -1.30. The average molecular weight is 383 g/mol. The molecule has 1 N–H and O–H groups in total. The van der Waals surface area contributed by atoms with Gasteiger partial charge in [0.05, 0.1) is 13.2 Å². The Morgan fingerprint density at radius 3 is 1.96 bits per heavy atom. The van der Waals surface area contributed by atoms with Crippen LogP contribution in [0.2, 0.25) is 0 Å². The van der Waals surface area contributed by atoms with Crippen molar-refractivity contribution >= 4 is 0 Å². The summed E-state index contributed by atoms with van der Waals surface area (Å²) in [6.45, 7) is 11.5. The summed E-state index contributed by atoms with van der Waals surface area (Å²) >= 11 is 0. The number of aromatic hydroxyl groups is 1. The number of ether oxygens (including phenoxy) is 4. The quantitative estimate of drug-likeness (QED) is 0.326. The van der Waals surface area contributed by atoms with E-state index >= 15 is 0 Å². The third-order valence-electron chi connectivity index (χ3n) is 4.37. The van der Waals surface area contributed by atoms with Gasteiger partial charge in [0.1, 0.15) is 11.5 Å². The minimum atomic E-state index is -0.153. The van der Waals surface area contributed by atoms with E-state index in [9.17, 15) is 5.11 Å². The van der Waals surface area contributed by atoms with Crippen molar-refractivity contribution in [3.8, 4) is 11.5 Å². The van der Waals surface area contributed by atoms with Crippen LogP contribution in [-0.4, -0.2) is 44.4 Å². The van der Waals surface area contributed by atoms with Gasteiger partial charge in [-0.05, 0) is 69.2 Å². The van der Waals surface area contributed by atoms with Gasteiger partial charge in [-0.3, -0.25) is 0 Å². The van der Waals surface area contributed by atoms with Gasteiger partial charge in [-0.15, -0.1) is 0 Å². The molecule has 1 rings (SSSR count). The Kier molecular flexibility index (Phi) is 12.9. The summed E-state index contributed by atoms with van der Waals surface area (Å²) in [6.07, 6.45) is 5.42. The molecule has 0 saturated heterocycles. The van der Waals surface area contributed by atoms with Gasteiger partial charge in [0.25, 0.3) is 0 Å². The fraction of sp³-hybridized carbons (Fsp3) is 0.727. The number of unbranched alkanes of at least 4 members (excludes halogenated alkanes) is 2. The molecule has 0 amide bonds. The normalized spacial score (nSPS) is 11.3. The first kappa shape index (κ1) is 23.7. The Labute approximate surface area is 165 Å². The summed E-state index contributed by atoms with van der Waals surface area (Å²) in [4.78, 5) is 0. The second kappa shape index (κ2) is 14.7. The molecule has 1 aromatic carbocycles. The van der Waals surface area contributed by atoms with Gasteiger partial charge in [-0.25, -0.2) is 0 Å². The number of benzene rings is 1. The van der Waals surface area contributed by atoms with E-state index in [1.165, 1.54) is 0 Å². The predicted octanol–water partition coefficient (Wildman–Crippen LogP) is 4.87. The molecule has 0 aliphatic rings. The molecule has 0 atom stereocenters. The zero-order valence-corrected chi connectivity index (χ0v) is 17.6. The fourth-order valence-electron chi connectivity index (χ4n) is 2.97. The Morgan fingerprint density at radius 1 is 0.815 bits per heavy atom. The van der Waals surface area contributed by atoms with E-state index < -0.39 is 0 Å². The molecule has 0 fully saturated rings. The second-order valence-electron chi connectivity index (χ2n) is 6.45. The largest absolute Gasteiger partial charge is 0.508 e. The van der Waals surface area contributed by atoms with Crippen molar-refractivity contribution in [3.63, 3.8) is 0 Å².